The van der Waals surface area contributed by atoms with E-state index >= 15 is 0 Å². The van der Waals surface area contributed by atoms with Crippen molar-refractivity contribution < 1.29 is 13.2 Å². The highest BCUT2D eigenvalue weighted by molar-refractivity contribution is 7.15. The fourth-order valence-electron chi connectivity index (χ4n) is 2.63. The van der Waals surface area contributed by atoms with Gasteiger partial charge in [0.05, 0.1) is 21.1 Å². The molecule has 0 amide bonds. The van der Waals surface area contributed by atoms with E-state index in [1.807, 2.05) is 6.07 Å². The molecule has 120 valence electrons. The number of halogens is 3. The highest BCUT2D eigenvalue weighted by Gasteiger charge is 2.32. The monoisotopic (exact) mass is 346 g/mol. The highest BCUT2D eigenvalue weighted by Crippen LogP contribution is 2.32. The van der Waals surface area contributed by atoms with Gasteiger partial charge in [0.15, 0.2) is 4.96 Å². The number of para-hydroxylation sites is 2. The molecule has 0 aliphatic carbocycles. The third kappa shape index (κ3) is 2.28. The number of hydrogen-bond acceptors (Lipinski definition) is 3. The van der Waals surface area contributed by atoms with Crippen LogP contribution >= 0.6 is 11.3 Å². The molecule has 4 aromatic rings. The zero-order valence-corrected chi connectivity index (χ0v) is 12.9. The molecule has 0 unspecified atom stereocenters. The van der Waals surface area contributed by atoms with Crippen LogP contribution in [0.5, 0.6) is 0 Å². The van der Waals surface area contributed by atoms with Crippen molar-refractivity contribution in [3.8, 4) is 0 Å². The lowest BCUT2D eigenvalue weighted by atomic mass is 10.1. The summed E-state index contributed by atoms with van der Waals surface area (Å²) in [6.07, 6.45) is -3.19. The lowest BCUT2D eigenvalue weighted by molar-refractivity contribution is -0.137. The van der Waals surface area contributed by atoms with E-state index in [1.165, 1.54) is 28.7 Å². The summed E-state index contributed by atoms with van der Waals surface area (Å²) in [6, 6.07) is 12.3. The molecule has 0 fully saturated rings. The Hall–Kier alpha value is -2.67. The zero-order chi connectivity index (χ0) is 16.9. The van der Waals surface area contributed by atoms with Gasteiger partial charge in [-0.15, -0.1) is 0 Å². The maximum atomic E-state index is 13.1. The molecule has 0 aliphatic heterocycles. The molecule has 0 bridgehead atoms. The summed E-state index contributed by atoms with van der Waals surface area (Å²) in [5.41, 5.74) is 0.178. The van der Waals surface area contributed by atoms with Gasteiger partial charge in [-0.3, -0.25) is 4.79 Å². The number of benzene rings is 2. The fourth-order valence-corrected chi connectivity index (χ4v) is 3.61. The molecule has 0 radical (unpaired) electrons. The van der Waals surface area contributed by atoms with Crippen LogP contribution in [0.1, 0.15) is 11.1 Å². The number of hydrogen-bond donors (Lipinski definition) is 0. The quantitative estimate of drug-likeness (QED) is 0.529. The van der Waals surface area contributed by atoms with Crippen molar-refractivity contribution in [1.82, 2.24) is 9.38 Å². The summed E-state index contributed by atoms with van der Waals surface area (Å²) < 4.78 is 40.9. The summed E-state index contributed by atoms with van der Waals surface area (Å²) in [7, 11) is 0. The molecule has 0 spiro atoms. The van der Waals surface area contributed by atoms with E-state index in [-0.39, 0.29) is 15.7 Å². The van der Waals surface area contributed by atoms with Gasteiger partial charge in [0.2, 0.25) is 0 Å². The van der Waals surface area contributed by atoms with Crippen LogP contribution in [0.15, 0.2) is 53.3 Å². The van der Waals surface area contributed by atoms with E-state index in [9.17, 15) is 18.0 Å². The third-order valence-electron chi connectivity index (χ3n) is 3.70. The predicted octanol–water partition coefficient (Wildman–Crippen LogP) is 3.48. The van der Waals surface area contributed by atoms with Crippen LogP contribution in [0.2, 0.25) is 0 Å². The second kappa shape index (κ2) is 5.17. The largest absolute Gasteiger partial charge is 0.416 e. The Morgan fingerprint density at radius 3 is 2.54 bits per heavy atom. The Bertz CT molecular complexity index is 1170. The van der Waals surface area contributed by atoms with E-state index in [0.29, 0.717) is 16.0 Å². The Kier molecular flexibility index (Phi) is 3.21. The standard InChI is InChI=1S/C17H9F3N2OS/c18-17(19,20)11-6-2-1-5-10(11)9-14-15(23)22-13-8-4-3-7-12(13)21-16(22)24-14/h1-9H/b14-9+. The average Bonchev–Trinajstić information content (AvgIpc) is 3.04. The Morgan fingerprint density at radius 1 is 1.04 bits per heavy atom. The van der Waals surface area contributed by atoms with Crippen LogP contribution in [-0.2, 0) is 6.18 Å². The van der Waals surface area contributed by atoms with Crippen molar-refractivity contribution >= 4 is 33.4 Å². The van der Waals surface area contributed by atoms with Gasteiger partial charge in [-0.25, -0.2) is 9.38 Å². The van der Waals surface area contributed by atoms with Crippen LogP contribution in [-0.4, -0.2) is 9.38 Å². The predicted molar refractivity (Wildman–Crippen MR) is 87.1 cm³/mol. The minimum absolute atomic E-state index is 0.0316. The number of rotatable bonds is 1. The number of nitrogens with zero attached hydrogens (tertiary/aromatic N) is 2. The van der Waals surface area contributed by atoms with Crippen LogP contribution < -0.4 is 10.1 Å². The topological polar surface area (TPSA) is 34.4 Å². The molecule has 0 atom stereocenters. The number of alkyl halides is 3. The van der Waals surface area contributed by atoms with Crippen LogP contribution in [0.25, 0.3) is 22.1 Å². The number of thiazole rings is 1. The van der Waals surface area contributed by atoms with Crippen molar-refractivity contribution in [2.45, 2.75) is 6.18 Å². The zero-order valence-electron chi connectivity index (χ0n) is 12.0. The SMILES string of the molecule is O=c1/c(=C\c2ccccc2C(F)(F)F)sc2nc3ccccc3n12. The van der Waals surface area contributed by atoms with Gasteiger partial charge < -0.3 is 0 Å². The number of aromatic nitrogens is 2. The Balaban J connectivity index is 2.00. The maximum absolute atomic E-state index is 13.1. The van der Waals surface area contributed by atoms with Gasteiger partial charge in [-0.05, 0) is 29.8 Å². The Labute approximate surface area is 137 Å². The lowest BCUT2D eigenvalue weighted by Gasteiger charge is -2.09. The van der Waals surface area contributed by atoms with E-state index in [4.69, 9.17) is 0 Å². The number of fused-ring (bicyclic) bond motifs is 3. The molecular weight excluding hydrogens is 337 g/mol. The second-order valence-electron chi connectivity index (χ2n) is 5.22. The summed E-state index contributed by atoms with van der Waals surface area (Å²) in [5.74, 6) is 0. The second-order valence-corrected chi connectivity index (χ2v) is 6.23. The molecule has 7 heteroatoms. The van der Waals surface area contributed by atoms with Gasteiger partial charge in [0, 0.05) is 0 Å². The molecule has 0 aliphatic rings. The first kappa shape index (κ1) is 14.9. The lowest BCUT2D eigenvalue weighted by Crippen LogP contribution is -2.23. The first-order valence-electron chi connectivity index (χ1n) is 7.03. The normalized spacial score (nSPS) is 13.2. The molecule has 4 rings (SSSR count). The van der Waals surface area contributed by atoms with E-state index in [0.717, 1.165) is 17.4 Å². The van der Waals surface area contributed by atoms with Crippen molar-refractivity contribution in [2.75, 3.05) is 0 Å². The summed E-state index contributed by atoms with van der Waals surface area (Å²) in [5, 5.41) is 0. The first-order valence-corrected chi connectivity index (χ1v) is 7.85. The smallest absolute Gasteiger partial charge is 0.267 e. The molecule has 3 nitrogen and oxygen atoms in total. The Morgan fingerprint density at radius 2 is 1.75 bits per heavy atom. The van der Waals surface area contributed by atoms with E-state index in [1.54, 1.807) is 18.2 Å². The van der Waals surface area contributed by atoms with Crippen molar-refractivity contribution in [1.29, 1.82) is 0 Å². The minimum atomic E-state index is -4.47. The number of imidazole rings is 1. The van der Waals surface area contributed by atoms with Crippen LogP contribution in [0, 0.1) is 0 Å². The minimum Gasteiger partial charge on any atom is -0.267 e. The van der Waals surface area contributed by atoms with Crippen molar-refractivity contribution in [3.63, 3.8) is 0 Å². The summed E-state index contributed by atoms with van der Waals surface area (Å²) >= 11 is 1.08. The molecule has 2 heterocycles. The van der Waals surface area contributed by atoms with E-state index in [2.05, 4.69) is 4.98 Å². The molecule has 0 N–H and O–H groups in total. The van der Waals surface area contributed by atoms with Crippen molar-refractivity contribution in [2.24, 2.45) is 0 Å². The van der Waals surface area contributed by atoms with Gasteiger partial charge >= 0.3 is 6.18 Å². The van der Waals surface area contributed by atoms with Crippen LogP contribution in [0.3, 0.4) is 0 Å². The fraction of sp³-hybridized carbons (Fsp3) is 0.0588. The molecule has 0 saturated carbocycles. The van der Waals surface area contributed by atoms with Gasteiger partial charge in [0.1, 0.15) is 0 Å². The van der Waals surface area contributed by atoms with Crippen LogP contribution in [0.4, 0.5) is 13.2 Å². The summed E-state index contributed by atoms with van der Waals surface area (Å²) in [4.78, 5) is 17.4. The maximum Gasteiger partial charge on any atom is 0.416 e. The van der Waals surface area contributed by atoms with Gasteiger partial charge in [-0.2, -0.15) is 13.2 Å². The molecule has 0 saturated heterocycles. The molecule has 24 heavy (non-hydrogen) atoms. The molecule has 2 aromatic heterocycles. The van der Waals surface area contributed by atoms with Crippen molar-refractivity contribution in [3.05, 3.63) is 74.5 Å². The average molecular weight is 346 g/mol. The third-order valence-corrected chi connectivity index (χ3v) is 4.67. The van der Waals surface area contributed by atoms with Gasteiger partial charge in [-0.1, -0.05) is 41.7 Å². The first-order chi connectivity index (χ1) is 11.4. The highest BCUT2D eigenvalue weighted by atomic mass is 32.1. The van der Waals surface area contributed by atoms with E-state index < -0.39 is 11.7 Å². The molecule has 2 aromatic carbocycles. The van der Waals surface area contributed by atoms with Gasteiger partial charge in [0.25, 0.3) is 5.56 Å². The molecular formula is C17H9F3N2OS. The summed E-state index contributed by atoms with van der Waals surface area (Å²) in [6.45, 7) is 0.